The average Bonchev–Trinajstić information content (AvgIpc) is 3.18. The standard InChI is InChI=1S/C37H76O17/c1-2-3-28(14-43)20-49-26-34(51-22-30(16-45)5-10-39)36(53-24-32(18-47)7-12-41)37(54-25-33(19-48)8-13-42)35(52-23-31(17-46)6-11-40)27-50-21-29(15-44)4-9-38/h28-48H,2-27H2,1H3. The minimum absolute atomic E-state index is 0.0235. The fourth-order valence-electron chi connectivity index (χ4n) is 5.70. The molecule has 0 aliphatic carbocycles. The number of aliphatic hydroxyl groups is 11. The maximum Gasteiger partial charge on any atom is 0.115 e. The number of aliphatic hydroxyl groups excluding tert-OH is 11. The molecule has 10 atom stereocenters. The Hall–Kier alpha value is -0.680. The molecule has 0 saturated carbocycles. The Balaban J connectivity index is 7.19. The van der Waals surface area contributed by atoms with Crippen LogP contribution in [-0.2, 0) is 28.4 Å². The SMILES string of the molecule is CCCC(CO)COCC(OCC(CO)CCO)C(OCC(CO)CCO)C(OCC(CO)CCO)C(COCC(CO)CCO)OCC(CO)CCO. The topological polar surface area (TPSA) is 278 Å². The molecule has 0 amide bonds. The zero-order valence-corrected chi connectivity index (χ0v) is 32.5. The second-order valence-corrected chi connectivity index (χ2v) is 14.1. The minimum atomic E-state index is -1.09. The molecule has 17 heteroatoms. The summed E-state index contributed by atoms with van der Waals surface area (Å²) in [4.78, 5) is 0. The van der Waals surface area contributed by atoms with Crippen molar-refractivity contribution < 1.29 is 84.6 Å². The quantitative estimate of drug-likeness (QED) is 0.0317. The van der Waals surface area contributed by atoms with Crippen molar-refractivity contribution in [2.45, 2.75) is 76.3 Å². The molecular formula is C37H76O17. The van der Waals surface area contributed by atoms with Gasteiger partial charge in [0.25, 0.3) is 0 Å². The van der Waals surface area contributed by atoms with Gasteiger partial charge in [0.15, 0.2) is 0 Å². The molecule has 0 saturated heterocycles. The summed E-state index contributed by atoms with van der Waals surface area (Å²) >= 11 is 0. The third-order valence-corrected chi connectivity index (χ3v) is 9.40. The van der Waals surface area contributed by atoms with E-state index in [1.54, 1.807) is 0 Å². The predicted molar refractivity (Wildman–Crippen MR) is 197 cm³/mol. The summed E-state index contributed by atoms with van der Waals surface area (Å²) in [5.41, 5.74) is 0. The van der Waals surface area contributed by atoms with Crippen molar-refractivity contribution in [2.24, 2.45) is 35.5 Å². The number of rotatable bonds is 41. The van der Waals surface area contributed by atoms with Crippen LogP contribution in [0.1, 0.15) is 51.9 Å². The maximum absolute atomic E-state index is 10.1. The van der Waals surface area contributed by atoms with Crippen molar-refractivity contribution in [3.63, 3.8) is 0 Å². The van der Waals surface area contributed by atoms with Crippen molar-refractivity contribution in [2.75, 3.05) is 126 Å². The van der Waals surface area contributed by atoms with Crippen molar-refractivity contribution in [3.8, 4) is 0 Å². The Labute approximate surface area is 321 Å². The molecule has 17 nitrogen and oxygen atoms in total. The highest BCUT2D eigenvalue weighted by molar-refractivity contribution is 4.88. The van der Waals surface area contributed by atoms with Crippen LogP contribution in [0.4, 0.5) is 0 Å². The van der Waals surface area contributed by atoms with Gasteiger partial charge in [-0.15, -0.1) is 0 Å². The normalized spacial score (nSPS) is 17.8. The Morgan fingerprint density at radius 2 is 0.574 bits per heavy atom. The zero-order valence-electron chi connectivity index (χ0n) is 32.5. The van der Waals surface area contributed by atoms with Crippen molar-refractivity contribution in [1.29, 1.82) is 0 Å². The van der Waals surface area contributed by atoms with Crippen molar-refractivity contribution >= 4 is 0 Å². The molecule has 0 aromatic rings. The third kappa shape index (κ3) is 24.2. The van der Waals surface area contributed by atoms with Gasteiger partial charge in [0.05, 0.1) is 52.9 Å². The molecule has 0 rings (SSSR count). The first kappa shape index (κ1) is 53.3. The number of hydrogen-bond acceptors (Lipinski definition) is 17. The van der Waals surface area contributed by atoms with E-state index in [0.29, 0.717) is 6.42 Å². The van der Waals surface area contributed by atoms with Crippen LogP contribution in [0.2, 0.25) is 0 Å². The van der Waals surface area contributed by atoms with Crippen LogP contribution >= 0.6 is 0 Å². The lowest BCUT2D eigenvalue weighted by molar-refractivity contribution is -0.210. The van der Waals surface area contributed by atoms with Gasteiger partial charge in [-0.3, -0.25) is 0 Å². The van der Waals surface area contributed by atoms with Gasteiger partial charge in [-0.25, -0.2) is 0 Å². The molecule has 0 aromatic carbocycles. The molecule has 0 bridgehead atoms. The highest BCUT2D eigenvalue weighted by Crippen LogP contribution is 2.24. The minimum Gasteiger partial charge on any atom is -0.396 e. The first-order valence-corrected chi connectivity index (χ1v) is 19.6. The molecule has 10 unspecified atom stereocenters. The van der Waals surface area contributed by atoms with Crippen LogP contribution in [0.3, 0.4) is 0 Å². The van der Waals surface area contributed by atoms with Crippen LogP contribution in [0.5, 0.6) is 0 Å². The van der Waals surface area contributed by atoms with Gasteiger partial charge in [0.1, 0.15) is 24.4 Å². The summed E-state index contributed by atoms with van der Waals surface area (Å²) in [7, 11) is 0. The molecule has 326 valence electrons. The molecule has 0 spiro atoms. The van der Waals surface area contributed by atoms with Gasteiger partial charge >= 0.3 is 0 Å². The van der Waals surface area contributed by atoms with Crippen LogP contribution in [0, 0.1) is 35.5 Å². The molecule has 54 heavy (non-hydrogen) atoms. The molecule has 0 aromatic heterocycles. The van der Waals surface area contributed by atoms with Crippen LogP contribution < -0.4 is 0 Å². The molecule has 11 N–H and O–H groups in total. The largest absolute Gasteiger partial charge is 0.396 e. The first-order valence-electron chi connectivity index (χ1n) is 19.6. The predicted octanol–water partition coefficient (Wildman–Crippen LogP) is -2.08. The molecule has 0 aliphatic rings. The lowest BCUT2D eigenvalue weighted by Gasteiger charge is -2.39. The monoisotopic (exact) mass is 793 g/mol. The molecule has 0 fully saturated rings. The molecule has 0 heterocycles. The van der Waals surface area contributed by atoms with E-state index in [9.17, 15) is 56.2 Å². The van der Waals surface area contributed by atoms with Crippen molar-refractivity contribution in [1.82, 2.24) is 0 Å². The Morgan fingerprint density at radius 1 is 0.315 bits per heavy atom. The summed E-state index contributed by atoms with van der Waals surface area (Å²) in [6.45, 7) is -0.742. The second-order valence-electron chi connectivity index (χ2n) is 14.1. The van der Waals surface area contributed by atoms with E-state index in [1.807, 2.05) is 6.92 Å². The summed E-state index contributed by atoms with van der Waals surface area (Å²) in [6.07, 6.45) is -1.40. The van der Waals surface area contributed by atoms with Crippen LogP contribution in [0.15, 0.2) is 0 Å². The summed E-state index contributed by atoms with van der Waals surface area (Å²) in [5.74, 6) is -2.45. The van der Waals surface area contributed by atoms with Gasteiger partial charge < -0.3 is 84.6 Å². The summed E-state index contributed by atoms with van der Waals surface area (Å²) < 4.78 is 38.0. The Morgan fingerprint density at radius 3 is 0.833 bits per heavy atom. The smallest absolute Gasteiger partial charge is 0.115 e. The van der Waals surface area contributed by atoms with Gasteiger partial charge in [-0.05, 0) is 38.5 Å². The fraction of sp³-hybridized carbons (Fsp3) is 1.00. The van der Waals surface area contributed by atoms with E-state index in [4.69, 9.17) is 28.4 Å². The number of hydrogen-bond donors (Lipinski definition) is 11. The van der Waals surface area contributed by atoms with Crippen LogP contribution in [-0.4, -0.2) is 206 Å². The van der Waals surface area contributed by atoms with E-state index >= 15 is 0 Å². The third-order valence-electron chi connectivity index (χ3n) is 9.40. The van der Waals surface area contributed by atoms with Gasteiger partial charge in [-0.2, -0.15) is 0 Å². The van der Waals surface area contributed by atoms with Crippen LogP contribution in [0.25, 0.3) is 0 Å². The van der Waals surface area contributed by atoms with E-state index in [1.165, 1.54) is 0 Å². The highest BCUT2D eigenvalue weighted by Gasteiger charge is 2.40. The molecule has 0 radical (unpaired) electrons. The first-order chi connectivity index (χ1) is 26.3. The van der Waals surface area contributed by atoms with Gasteiger partial charge in [0.2, 0.25) is 0 Å². The van der Waals surface area contributed by atoms with E-state index < -0.39 is 48.1 Å². The Kier molecular flexibility index (Phi) is 36.2. The van der Waals surface area contributed by atoms with E-state index in [2.05, 4.69) is 0 Å². The van der Waals surface area contributed by atoms with Gasteiger partial charge in [-0.1, -0.05) is 13.3 Å². The summed E-state index contributed by atoms with van der Waals surface area (Å²) in [5, 5.41) is 108. The lowest BCUT2D eigenvalue weighted by atomic mass is 10.00. The Bertz CT molecular complexity index is 725. The molecular weight excluding hydrogens is 716 g/mol. The zero-order chi connectivity index (χ0) is 40.4. The highest BCUT2D eigenvalue weighted by atomic mass is 16.6. The maximum atomic E-state index is 10.1. The van der Waals surface area contributed by atoms with Crippen molar-refractivity contribution in [3.05, 3.63) is 0 Å². The molecule has 0 aliphatic heterocycles. The van der Waals surface area contributed by atoms with E-state index in [-0.39, 0.29) is 169 Å². The lowest BCUT2D eigenvalue weighted by Crippen LogP contribution is -2.54. The fourth-order valence-corrected chi connectivity index (χ4v) is 5.70. The average molecular weight is 793 g/mol. The summed E-state index contributed by atoms with van der Waals surface area (Å²) in [6, 6.07) is 0. The number of ether oxygens (including phenoxy) is 6. The van der Waals surface area contributed by atoms with E-state index in [0.717, 1.165) is 6.42 Å². The van der Waals surface area contributed by atoms with Gasteiger partial charge in [0, 0.05) is 108 Å². The second kappa shape index (κ2) is 36.6.